The molecule has 2 aliphatic rings. The quantitative estimate of drug-likeness (QED) is 0.794. The minimum Gasteiger partial charge on any atom is -0.336 e. The van der Waals surface area contributed by atoms with E-state index >= 15 is 0 Å². The Morgan fingerprint density at radius 2 is 2.24 bits per heavy atom. The van der Waals surface area contributed by atoms with Crippen molar-refractivity contribution in [1.29, 1.82) is 0 Å². The minimum absolute atomic E-state index is 0.182. The van der Waals surface area contributed by atoms with Gasteiger partial charge < -0.3 is 10.2 Å². The summed E-state index contributed by atoms with van der Waals surface area (Å²) >= 11 is 0. The zero-order valence-corrected chi connectivity index (χ0v) is 10.2. The lowest BCUT2D eigenvalue weighted by Crippen LogP contribution is -2.54. The van der Waals surface area contributed by atoms with Gasteiger partial charge in [-0.1, -0.05) is 17.7 Å². The first-order valence-electron chi connectivity index (χ1n) is 6.30. The molecule has 0 atom stereocenters. The molecule has 1 amide bonds. The van der Waals surface area contributed by atoms with Gasteiger partial charge in [0.15, 0.2) is 0 Å². The number of carbonyl (C=O) groups excluding carboxylic acids is 1. The molecular formula is C14H18N2O. The molecule has 90 valence electrons. The molecule has 0 unspecified atom stereocenters. The molecule has 0 aromatic heterocycles. The van der Waals surface area contributed by atoms with Crippen LogP contribution in [0.3, 0.4) is 0 Å². The highest BCUT2D eigenvalue weighted by Gasteiger charge is 2.46. The Labute approximate surface area is 102 Å². The Morgan fingerprint density at radius 1 is 1.41 bits per heavy atom. The number of rotatable bonds is 1. The van der Waals surface area contributed by atoms with Crippen LogP contribution in [-0.2, 0) is 0 Å². The van der Waals surface area contributed by atoms with Crippen LogP contribution in [-0.4, -0.2) is 36.0 Å². The first-order chi connectivity index (χ1) is 8.19. The van der Waals surface area contributed by atoms with Crippen LogP contribution >= 0.6 is 0 Å². The molecule has 1 spiro atoms. The van der Waals surface area contributed by atoms with Crippen LogP contribution in [0, 0.1) is 6.92 Å². The van der Waals surface area contributed by atoms with Gasteiger partial charge >= 0.3 is 0 Å². The summed E-state index contributed by atoms with van der Waals surface area (Å²) in [5, 5.41) is 3.52. The molecule has 1 N–H and O–H groups in total. The maximum absolute atomic E-state index is 12.4. The van der Waals surface area contributed by atoms with Crippen LogP contribution in [0.1, 0.15) is 28.8 Å². The van der Waals surface area contributed by atoms with Crippen molar-refractivity contribution in [2.24, 2.45) is 0 Å². The molecule has 3 nitrogen and oxygen atoms in total. The second-order valence-electron chi connectivity index (χ2n) is 5.30. The summed E-state index contributed by atoms with van der Waals surface area (Å²) in [6.07, 6.45) is 2.43. The number of piperazine rings is 1. The molecule has 0 radical (unpaired) electrons. The highest BCUT2D eigenvalue weighted by Crippen LogP contribution is 2.37. The van der Waals surface area contributed by atoms with E-state index in [1.54, 1.807) is 0 Å². The van der Waals surface area contributed by atoms with E-state index in [-0.39, 0.29) is 11.4 Å². The lowest BCUT2D eigenvalue weighted by atomic mass is 10.1. The van der Waals surface area contributed by atoms with Crippen molar-refractivity contribution < 1.29 is 4.79 Å². The summed E-state index contributed by atoms with van der Waals surface area (Å²) in [6.45, 7) is 4.66. The Bertz CT molecular complexity index is 451. The molecule has 1 aliphatic carbocycles. The Morgan fingerprint density at radius 3 is 2.94 bits per heavy atom. The second kappa shape index (κ2) is 3.84. The van der Waals surface area contributed by atoms with Crippen LogP contribution < -0.4 is 5.32 Å². The van der Waals surface area contributed by atoms with Crippen molar-refractivity contribution in [2.45, 2.75) is 25.3 Å². The first kappa shape index (κ1) is 10.8. The first-order valence-corrected chi connectivity index (χ1v) is 6.30. The second-order valence-corrected chi connectivity index (χ2v) is 5.30. The molecule has 1 aliphatic heterocycles. The summed E-state index contributed by atoms with van der Waals surface area (Å²) < 4.78 is 0. The van der Waals surface area contributed by atoms with E-state index in [1.165, 1.54) is 12.8 Å². The van der Waals surface area contributed by atoms with Crippen molar-refractivity contribution in [3.63, 3.8) is 0 Å². The predicted molar refractivity (Wildman–Crippen MR) is 67.1 cm³/mol. The van der Waals surface area contributed by atoms with Gasteiger partial charge in [-0.05, 0) is 31.9 Å². The van der Waals surface area contributed by atoms with Crippen LogP contribution in [0.2, 0.25) is 0 Å². The van der Waals surface area contributed by atoms with Crippen molar-refractivity contribution in [1.82, 2.24) is 10.2 Å². The van der Waals surface area contributed by atoms with E-state index in [0.717, 1.165) is 30.8 Å². The molecule has 1 saturated carbocycles. The van der Waals surface area contributed by atoms with Crippen LogP contribution in [0.15, 0.2) is 24.3 Å². The maximum Gasteiger partial charge on any atom is 0.253 e. The Kier molecular flexibility index (Phi) is 2.44. The normalized spacial score (nSPS) is 21.6. The lowest BCUT2D eigenvalue weighted by Gasteiger charge is -2.34. The third kappa shape index (κ3) is 2.07. The van der Waals surface area contributed by atoms with Gasteiger partial charge in [0, 0.05) is 30.7 Å². The van der Waals surface area contributed by atoms with Crippen molar-refractivity contribution in [3.05, 3.63) is 35.4 Å². The number of carbonyl (C=O) groups is 1. The number of hydrogen-bond acceptors (Lipinski definition) is 2. The van der Waals surface area contributed by atoms with Gasteiger partial charge in [-0.25, -0.2) is 0 Å². The Hall–Kier alpha value is -1.35. The minimum atomic E-state index is 0.182. The molecule has 17 heavy (non-hydrogen) atoms. The fourth-order valence-corrected chi connectivity index (χ4v) is 2.58. The summed E-state index contributed by atoms with van der Waals surface area (Å²) in [5.74, 6) is 0.182. The van der Waals surface area contributed by atoms with E-state index in [0.29, 0.717) is 0 Å². The number of benzene rings is 1. The predicted octanol–water partition coefficient (Wildman–Crippen LogP) is 1.57. The molecule has 3 heteroatoms. The van der Waals surface area contributed by atoms with Gasteiger partial charge in [0.25, 0.3) is 5.91 Å². The Balaban J connectivity index is 1.77. The molecule has 1 aromatic carbocycles. The molecular weight excluding hydrogens is 212 g/mol. The largest absolute Gasteiger partial charge is 0.336 e. The van der Waals surface area contributed by atoms with Crippen molar-refractivity contribution in [2.75, 3.05) is 19.6 Å². The number of hydrogen-bond donors (Lipinski definition) is 1. The zero-order chi connectivity index (χ0) is 11.9. The van der Waals surface area contributed by atoms with E-state index in [1.807, 2.05) is 36.1 Å². The fourth-order valence-electron chi connectivity index (χ4n) is 2.58. The monoisotopic (exact) mass is 230 g/mol. The van der Waals surface area contributed by atoms with E-state index in [4.69, 9.17) is 0 Å². The average Bonchev–Trinajstić information content (AvgIpc) is 3.07. The van der Waals surface area contributed by atoms with Crippen LogP contribution in [0.5, 0.6) is 0 Å². The molecule has 3 rings (SSSR count). The number of aryl methyl sites for hydroxylation is 1. The fraction of sp³-hybridized carbons (Fsp3) is 0.500. The van der Waals surface area contributed by atoms with Gasteiger partial charge in [0.1, 0.15) is 0 Å². The maximum atomic E-state index is 12.4. The summed E-state index contributed by atoms with van der Waals surface area (Å²) in [4.78, 5) is 14.4. The topological polar surface area (TPSA) is 32.3 Å². The molecule has 1 heterocycles. The molecule has 1 aromatic rings. The summed E-state index contributed by atoms with van der Waals surface area (Å²) in [7, 11) is 0. The SMILES string of the molecule is Cc1cccc(C(=O)N2CCNC3(CC3)C2)c1. The summed E-state index contributed by atoms with van der Waals surface area (Å²) in [5.41, 5.74) is 2.23. The van der Waals surface area contributed by atoms with Gasteiger partial charge in [0.05, 0.1) is 0 Å². The zero-order valence-electron chi connectivity index (χ0n) is 10.2. The highest BCUT2D eigenvalue weighted by atomic mass is 16.2. The van der Waals surface area contributed by atoms with Crippen molar-refractivity contribution >= 4 is 5.91 Å². The number of amides is 1. The van der Waals surface area contributed by atoms with Crippen LogP contribution in [0.25, 0.3) is 0 Å². The number of nitrogens with zero attached hydrogens (tertiary/aromatic N) is 1. The average molecular weight is 230 g/mol. The van der Waals surface area contributed by atoms with Gasteiger partial charge in [-0.3, -0.25) is 4.79 Å². The van der Waals surface area contributed by atoms with Crippen LogP contribution in [0.4, 0.5) is 0 Å². The van der Waals surface area contributed by atoms with E-state index in [2.05, 4.69) is 5.32 Å². The third-order valence-corrected chi connectivity index (χ3v) is 3.78. The molecule has 1 saturated heterocycles. The van der Waals surface area contributed by atoms with Crippen molar-refractivity contribution in [3.8, 4) is 0 Å². The summed E-state index contributed by atoms with van der Waals surface area (Å²) in [6, 6.07) is 7.87. The van der Waals surface area contributed by atoms with Gasteiger partial charge in [-0.15, -0.1) is 0 Å². The molecule has 2 fully saturated rings. The lowest BCUT2D eigenvalue weighted by molar-refractivity contribution is 0.0691. The van der Waals surface area contributed by atoms with Gasteiger partial charge in [-0.2, -0.15) is 0 Å². The third-order valence-electron chi connectivity index (χ3n) is 3.78. The highest BCUT2D eigenvalue weighted by molar-refractivity contribution is 5.94. The van der Waals surface area contributed by atoms with Gasteiger partial charge in [0.2, 0.25) is 0 Å². The van der Waals surface area contributed by atoms with E-state index in [9.17, 15) is 4.79 Å². The molecule has 0 bridgehead atoms. The number of nitrogens with one attached hydrogen (secondary N) is 1. The smallest absolute Gasteiger partial charge is 0.253 e. The van der Waals surface area contributed by atoms with E-state index < -0.39 is 0 Å². The standard InChI is InChI=1S/C14H18N2O/c1-11-3-2-4-12(9-11)13(17)16-8-7-15-14(10-16)5-6-14/h2-4,9,15H,5-8,10H2,1H3.